The van der Waals surface area contributed by atoms with Gasteiger partial charge in [-0.3, -0.25) is 0 Å². The van der Waals surface area contributed by atoms with Crippen LogP contribution in [0.4, 0.5) is 16.2 Å². The number of isocyanates is 2. The second kappa shape index (κ2) is 8.29. The van der Waals surface area contributed by atoms with Crippen molar-refractivity contribution in [1.29, 1.82) is 0 Å². The summed E-state index contributed by atoms with van der Waals surface area (Å²) in [4.78, 5) is 38.9. The van der Waals surface area contributed by atoms with Gasteiger partial charge in [0.05, 0.1) is 11.4 Å². The molecule has 0 aliphatic carbocycles. The number of aryl methyl sites for hydroxylation is 1. The zero-order chi connectivity index (χ0) is 14.0. The highest BCUT2D eigenvalue weighted by Gasteiger charge is 1.97. The summed E-state index contributed by atoms with van der Waals surface area (Å²) in [6.45, 7) is 4.63. The van der Waals surface area contributed by atoms with Gasteiger partial charge in [-0.25, -0.2) is 19.4 Å². The number of primary amides is 1. The van der Waals surface area contributed by atoms with E-state index in [0.717, 1.165) is 5.56 Å². The van der Waals surface area contributed by atoms with E-state index in [0.29, 0.717) is 11.4 Å². The van der Waals surface area contributed by atoms with E-state index in [1.807, 2.05) is 0 Å². The highest BCUT2D eigenvalue weighted by atomic mass is 16.2. The number of amides is 2. The zero-order valence-electron chi connectivity index (χ0n) is 9.58. The standard InChI is InChI=1S/C9H6N2O2.C2H4N2O/c1-7-2-3-8(10-5-12)4-9(7)11-6-13;1-4-2(3)5/h2-4H,1H3;1H2,(H2,3,5). The molecule has 1 rings (SSSR count). The summed E-state index contributed by atoms with van der Waals surface area (Å²) in [5.41, 5.74) is 6.14. The first kappa shape index (κ1) is 15.1. The molecule has 0 radical (unpaired) electrons. The average Bonchev–Trinajstić information content (AvgIpc) is 2.35. The van der Waals surface area contributed by atoms with Gasteiger partial charge in [0, 0.05) is 0 Å². The number of nitrogens with zero attached hydrogens (tertiary/aromatic N) is 3. The summed E-state index contributed by atoms with van der Waals surface area (Å²) >= 11 is 0. The Bertz CT molecular complexity index is 541. The van der Waals surface area contributed by atoms with E-state index in [-0.39, 0.29) is 0 Å². The molecule has 0 aliphatic heterocycles. The van der Waals surface area contributed by atoms with Crippen LogP contribution in [0.5, 0.6) is 0 Å². The van der Waals surface area contributed by atoms with Gasteiger partial charge in [0.1, 0.15) is 0 Å². The predicted octanol–water partition coefficient (Wildman–Crippen LogP) is 1.70. The van der Waals surface area contributed by atoms with E-state index >= 15 is 0 Å². The van der Waals surface area contributed by atoms with E-state index < -0.39 is 6.03 Å². The van der Waals surface area contributed by atoms with E-state index in [4.69, 9.17) is 0 Å². The lowest BCUT2D eigenvalue weighted by atomic mass is 10.2. The van der Waals surface area contributed by atoms with Crippen LogP contribution in [0.25, 0.3) is 0 Å². The van der Waals surface area contributed by atoms with Crippen molar-refractivity contribution >= 4 is 36.3 Å². The second-order valence-corrected chi connectivity index (χ2v) is 2.87. The number of carbonyl (C=O) groups is 1. The Balaban J connectivity index is 0.000000494. The molecule has 0 saturated heterocycles. The van der Waals surface area contributed by atoms with Crippen molar-refractivity contribution in [2.75, 3.05) is 0 Å². The van der Waals surface area contributed by atoms with Gasteiger partial charge in [0.2, 0.25) is 12.2 Å². The summed E-state index contributed by atoms with van der Waals surface area (Å²) < 4.78 is 0. The fraction of sp³-hybridized carbons (Fsp3) is 0.0909. The van der Waals surface area contributed by atoms with Crippen LogP contribution in [0.2, 0.25) is 0 Å². The zero-order valence-corrected chi connectivity index (χ0v) is 9.58. The van der Waals surface area contributed by atoms with Crippen LogP contribution in [0, 0.1) is 6.92 Å². The summed E-state index contributed by atoms with van der Waals surface area (Å²) in [7, 11) is 0. The molecular weight excluding hydrogens is 236 g/mol. The van der Waals surface area contributed by atoms with E-state index in [1.165, 1.54) is 18.2 Å². The Kier molecular flexibility index (Phi) is 6.97. The van der Waals surface area contributed by atoms with Crippen molar-refractivity contribution in [2.45, 2.75) is 6.92 Å². The topological polar surface area (TPSA) is 114 Å². The molecule has 0 bridgehead atoms. The van der Waals surface area contributed by atoms with E-state index in [1.54, 1.807) is 19.1 Å². The third-order valence-electron chi connectivity index (χ3n) is 1.69. The Morgan fingerprint density at radius 2 is 1.83 bits per heavy atom. The van der Waals surface area contributed by atoms with Crippen molar-refractivity contribution in [2.24, 2.45) is 20.7 Å². The molecule has 7 nitrogen and oxygen atoms in total. The lowest BCUT2D eigenvalue weighted by Gasteiger charge is -1.97. The number of benzene rings is 1. The monoisotopic (exact) mass is 246 g/mol. The van der Waals surface area contributed by atoms with Crippen molar-refractivity contribution in [1.82, 2.24) is 0 Å². The van der Waals surface area contributed by atoms with Crippen LogP contribution in [0.15, 0.2) is 33.2 Å². The lowest BCUT2D eigenvalue weighted by molar-refractivity contribution is 0.257. The molecule has 1 aromatic rings. The van der Waals surface area contributed by atoms with Crippen molar-refractivity contribution in [3.63, 3.8) is 0 Å². The minimum absolute atomic E-state index is 0.426. The van der Waals surface area contributed by atoms with Crippen LogP contribution < -0.4 is 5.73 Å². The van der Waals surface area contributed by atoms with Crippen molar-refractivity contribution in [3.8, 4) is 0 Å². The largest absolute Gasteiger partial charge is 0.350 e. The third-order valence-corrected chi connectivity index (χ3v) is 1.69. The molecule has 0 heterocycles. The number of hydrogen-bond donors (Lipinski definition) is 1. The fourth-order valence-corrected chi connectivity index (χ4v) is 0.890. The molecular formula is C11H10N4O3. The van der Waals surface area contributed by atoms with Gasteiger partial charge in [-0.2, -0.15) is 9.98 Å². The van der Waals surface area contributed by atoms with Gasteiger partial charge in [0.15, 0.2) is 0 Å². The highest BCUT2D eigenvalue weighted by Crippen LogP contribution is 2.23. The molecule has 0 unspecified atom stereocenters. The molecule has 92 valence electrons. The van der Waals surface area contributed by atoms with Crippen molar-refractivity contribution < 1.29 is 14.4 Å². The first-order valence-corrected chi connectivity index (χ1v) is 4.57. The molecule has 1 aromatic carbocycles. The van der Waals surface area contributed by atoms with Crippen LogP contribution in [0.1, 0.15) is 5.56 Å². The highest BCUT2D eigenvalue weighted by molar-refractivity contribution is 5.76. The number of urea groups is 1. The average molecular weight is 246 g/mol. The van der Waals surface area contributed by atoms with Gasteiger partial charge in [-0.1, -0.05) is 6.07 Å². The number of hydrogen-bond acceptors (Lipinski definition) is 5. The lowest BCUT2D eigenvalue weighted by Crippen LogP contribution is -2.01. The molecule has 7 heteroatoms. The van der Waals surface area contributed by atoms with Crippen molar-refractivity contribution in [3.05, 3.63) is 23.8 Å². The molecule has 0 aromatic heterocycles. The molecule has 2 N–H and O–H groups in total. The quantitative estimate of drug-likeness (QED) is 0.632. The summed E-state index contributed by atoms with van der Waals surface area (Å²) in [6.07, 6.45) is 2.84. The Hall–Kier alpha value is -2.88. The number of aliphatic imine (C=N–C) groups is 3. The first-order valence-electron chi connectivity index (χ1n) is 4.57. The SMILES string of the molecule is C=NC(N)=O.Cc1ccc(N=C=O)cc1N=C=O. The molecule has 0 aliphatic rings. The van der Waals surface area contributed by atoms with E-state index in [2.05, 4.69) is 27.4 Å². The maximum atomic E-state index is 10.00. The van der Waals surface area contributed by atoms with E-state index in [9.17, 15) is 14.4 Å². The molecule has 0 fully saturated rings. The van der Waals surface area contributed by atoms with Gasteiger partial charge < -0.3 is 5.73 Å². The number of carbonyl (C=O) groups excluding carboxylic acids is 3. The number of rotatable bonds is 2. The van der Waals surface area contributed by atoms with Crippen LogP contribution in [-0.2, 0) is 9.59 Å². The van der Waals surface area contributed by atoms with Gasteiger partial charge in [-0.15, -0.1) is 0 Å². The third kappa shape index (κ3) is 5.87. The van der Waals surface area contributed by atoms with Crippen LogP contribution in [-0.4, -0.2) is 24.9 Å². The predicted molar refractivity (Wildman–Crippen MR) is 65.9 cm³/mol. The molecule has 0 spiro atoms. The van der Waals surface area contributed by atoms with Gasteiger partial charge in [0.25, 0.3) is 0 Å². The van der Waals surface area contributed by atoms with Gasteiger partial charge in [-0.05, 0) is 31.3 Å². The fourth-order valence-electron chi connectivity index (χ4n) is 0.890. The molecule has 0 atom stereocenters. The van der Waals surface area contributed by atoms with Gasteiger partial charge >= 0.3 is 6.03 Å². The minimum atomic E-state index is -0.731. The molecule has 0 saturated carbocycles. The molecule has 18 heavy (non-hydrogen) atoms. The molecule has 2 amide bonds. The number of nitrogens with two attached hydrogens (primary N) is 1. The maximum Gasteiger partial charge on any atom is 0.337 e. The normalized spacial score (nSPS) is 7.83. The second-order valence-electron chi connectivity index (χ2n) is 2.87. The smallest absolute Gasteiger partial charge is 0.337 e. The maximum absolute atomic E-state index is 10.00. The van der Waals surface area contributed by atoms with Crippen LogP contribution >= 0.6 is 0 Å². The first-order chi connectivity index (χ1) is 8.54. The Labute approximate surface area is 103 Å². The Morgan fingerprint density at radius 1 is 1.28 bits per heavy atom. The summed E-state index contributed by atoms with van der Waals surface area (Å²) in [5, 5.41) is 0. The Morgan fingerprint density at radius 3 is 2.28 bits per heavy atom. The summed E-state index contributed by atoms with van der Waals surface area (Å²) in [6, 6.07) is 4.15. The van der Waals surface area contributed by atoms with Crippen LogP contribution in [0.3, 0.4) is 0 Å². The summed E-state index contributed by atoms with van der Waals surface area (Å²) in [5.74, 6) is 0. The minimum Gasteiger partial charge on any atom is -0.350 e.